The average molecular weight is 217 g/mol. The molecule has 0 aliphatic heterocycles. The second-order valence-electron chi connectivity index (χ2n) is 3.16. The van der Waals surface area contributed by atoms with Crippen molar-refractivity contribution in [2.45, 2.75) is 26.7 Å². The van der Waals surface area contributed by atoms with Crippen molar-refractivity contribution < 1.29 is 4.79 Å². The minimum Gasteiger partial charge on any atom is -0.299 e. The van der Waals surface area contributed by atoms with Gasteiger partial charge in [-0.3, -0.25) is 4.79 Å². The summed E-state index contributed by atoms with van der Waals surface area (Å²) in [6.45, 7) is 4.00. The highest BCUT2D eigenvalue weighted by Gasteiger charge is 2.12. The van der Waals surface area contributed by atoms with Crippen molar-refractivity contribution in [2.75, 3.05) is 0 Å². The number of Topliss-reactive ketones (excluding diaryl/α,β-unsaturated/α-hetero) is 1. The summed E-state index contributed by atoms with van der Waals surface area (Å²) >= 11 is 7.25. The number of hydrogen-bond donors (Lipinski definition) is 0. The third-order valence-corrected chi connectivity index (χ3v) is 3.37. The Balaban J connectivity index is 2.54. The molecule has 0 radical (unpaired) electrons. The van der Waals surface area contributed by atoms with Crippen LogP contribution >= 0.6 is 22.9 Å². The highest BCUT2D eigenvalue weighted by atomic mass is 35.5. The van der Waals surface area contributed by atoms with Crippen LogP contribution in [0.1, 0.15) is 25.1 Å². The molecule has 0 bridgehead atoms. The predicted octanol–water partition coefficient (Wildman–Crippen LogP) is 3.56. The Hall–Kier alpha value is -0.340. The molecule has 1 rings (SSSR count). The first-order valence-corrected chi connectivity index (χ1v) is 5.59. The second kappa shape index (κ2) is 4.77. The molecule has 0 fully saturated rings. The van der Waals surface area contributed by atoms with E-state index >= 15 is 0 Å². The first kappa shape index (κ1) is 10.7. The van der Waals surface area contributed by atoms with Crippen molar-refractivity contribution in [3.05, 3.63) is 21.3 Å². The van der Waals surface area contributed by atoms with Gasteiger partial charge in [0.05, 0.1) is 4.34 Å². The normalized spacial score (nSPS) is 12.8. The average Bonchev–Trinajstić information content (AvgIpc) is 2.49. The SMILES string of the molecule is CCC(C)C(=O)Cc1ccc(Cl)s1. The Morgan fingerprint density at radius 1 is 1.62 bits per heavy atom. The van der Waals surface area contributed by atoms with Crippen molar-refractivity contribution in [1.29, 1.82) is 0 Å². The van der Waals surface area contributed by atoms with E-state index in [9.17, 15) is 4.79 Å². The first-order valence-electron chi connectivity index (χ1n) is 4.40. The molecular weight excluding hydrogens is 204 g/mol. The van der Waals surface area contributed by atoms with Crippen LogP contribution in [0, 0.1) is 5.92 Å². The van der Waals surface area contributed by atoms with Gasteiger partial charge in [0.1, 0.15) is 5.78 Å². The summed E-state index contributed by atoms with van der Waals surface area (Å²) in [6.07, 6.45) is 1.45. The van der Waals surface area contributed by atoms with Crippen LogP contribution in [0.2, 0.25) is 4.34 Å². The standard InChI is InChI=1S/C10H13ClOS/c1-3-7(2)9(12)6-8-4-5-10(11)13-8/h4-5,7H,3,6H2,1-2H3. The van der Waals surface area contributed by atoms with Crippen LogP contribution in [0.4, 0.5) is 0 Å². The molecule has 3 heteroatoms. The lowest BCUT2D eigenvalue weighted by Crippen LogP contribution is -2.11. The minimum atomic E-state index is 0.167. The van der Waals surface area contributed by atoms with Crippen LogP contribution in [-0.4, -0.2) is 5.78 Å². The maximum absolute atomic E-state index is 11.5. The third-order valence-electron chi connectivity index (χ3n) is 2.14. The number of carbonyl (C=O) groups is 1. The van der Waals surface area contributed by atoms with Gasteiger partial charge < -0.3 is 0 Å². The van der Waals surface area contributed by atoms with Gasteiger partial charge in [-0.1, -0.05) is 25.4 Å². The van der Waals surface area contributed by atoms with Crippen molar-refractivity contribution >= 4 is 28.7 Å². The van der Waals surface area contributed by atoms with Crippen molar-refractivity contribution in [1.82, 2.24) is 0 Å². The lowest BCUT2D eigenvalue weighted by Gasteiger charge is -2.04. The fraction of sp³-hybridized carbons (Fsp3) is 0.500. The van der Waals surface area contributed by atoms with Gasteiger partial charge in [-0.05, 0) is 18.6 Å². The topological polar surface area (TPSA) is 17.1 Å². The van der Waals surface area contributed by atoms with Crippen LogP contribution in [0.25, 0.3) is 0 Å². The fourth-order valence-electron chi connectivity index (χ4n) is 1.02. The van der Waals surface area contributed by atoms with Crippen LogP contribution in [0.15, 0.2) is 12.1 Å². The molecule has 0 aliphatic carbocycles. The number of ketones is 1. The zero-order chi connectivity index (χ0) is 9.84. The molecule has 0 saturated heterocycles. The quantitative estimate of drug-likeness (QED) is 0.752. The molecule has 0 N–H and O–H groups in total. The zero-order valence-corrected chi connectivity index (χ0v) is 9.41. The summed E-state index contributed by atoms with van der Waals surface area (Å²) < 4.78 is 0.756. The molecule has 13 heavy (non-hydrogen) atoms. The van der Waals surface area contributed by atoms with E-state index in [0.717, 1.165) is 15.6 Å². The molecule has 72 valence electrons. The monoisotopic (exact) mass is 216 g/mol. The van der Waals surface area contributed by atoms with E-state index in [1.807, 2.05) is 26.0 Å². The second-order valence-corrected chi connectivity index (χ2v) is 4.96. The maximum atomic E-state index is 11.5. The maximum Gasteiger partial charge on any atom is 0.140 e. The number of hydrogen-bond acceptors (Lipinski definition) is 2. The number of thiophene rings is 1. The number of halogens is 1. The molecular formula is C10H13ClOS. The molecule has 1 atom stereocenters. The molecule has 1 aromatic heterocycles. The summed E-state index contributed by atoms with van der Waals surface area (Å²) in [5, 5.41) is 0. The molecule has 1 unspecified atom stereocenters. The largest absolute Gasteiger partial charge is 0.299 e. The van der Waals surface area contributed by atoms with Gasteiger partial charge in [0.15, 0.2) is 0 Å². The van der Waals surface area contributed by atoms with Gasteiger partial charge in [0, 0.05) is 17.2 Å². The van der Waals surface area contributed by atoms with Gasteiger partial charge in [-0.25, -0.2) is 0 Å². The van der Waals surface area contributed by atoms with Crippen LogP contribution in [-0.2, 0) is 11.2 Å². The first-order chi connectivity index (χ1) is 6.13. The summed E-state index contributed by atoms with van der Waals surface area (Å²) in [6, 6.07) is 3.76. The lowest BCUT2D eigenvalue weighted by atomic mass is 10.0. The van der Waals surface area contributed by atoms with E-state index < -0.39 is 0 Å². The smallest absolute Gasteiger partial charge is 0.140 e. The highest BCUT2D eigenvalue weighted by molar-refractivity contribution is 7.16. The van der Waals surface area contributed by atoms with E-state index in [0.29, 0.717) is 12.2 Å². The van der Waals surface area contributed by atoms with Gasteiger partial charge in [-0.15, -0.1) is 11.3 Å². The Bertz CT molecular complexity index is 293. The Kier molecular flexibility index (Phi) is 3.94. The van der Waals surface area contributed by atoms with Crippen molar-refractivity contribution in [2.24, 2.45) is 5.92 Å². The summed E-state index contributed by atoms with van der Waals surface area (Å²) in [5.74, 6) is 0.474. The van der Waals surface area contributed by atoms with E-state index in [1.165, 1.54) is 11.3 Å². The van der Waals surface area contributed by atoms with E-state index in [1.54, 1.807) is 0 Å². The van der Waals surface area contributed by atoms with Gasteiger partial charge in [-0.2, -0.15) is 0 Å². The highest BCUT2D eigenvalue weighted by Crippen LogP contribution is 2.22. The predicted molar refractivity (Wildman–Crippen MR) is 57.5 cm³/mol. The summed E-state index contributed by atoms with van der Waals surface area (Å²) in [4.78, 5) is 12.6. The molecule has 0 aliphatic rings. The van der Waals surface area contributed by atoms with Gasteiger partial charge >= 0.3 is 0 Å². The lowest BCUT2D eigenvalue weighted by molar-refractivity contribution is -0.121. The Morgan fingerprint density at radius 2 is 2.31 bits per heavy atom. The molecule has 1 nitrogen and oxygen atoms in total. The molecule has 0 amide bonds. The van der Waals surface area contributed by atoms with Gasteiger partial charge in [0.25, 0.3) is 0 Å². The Morgan fingerprint density at radius 3 is 2.77 bits per heavy atom. The van der Waals surface area contributed by atoms with Crippen LogP contribution in [0.3, 0.4) is 0 Å². The fourth-order valence-corrected chi connectivity index (χ4v) is 2.12. The number of carbonyl (C=O) groups excluding carboxylic acids is 1. The molecule has 0 saturated carbocycles. The minimum absolute atomic E-state index is 0.167. The summed E-state index contributed by atoms with van der Waals surface area (Å²) in [5.41, 5.74) is 0. The number of rotatable bonds is 4. The summed E-state index contributed by atoms with van der Waals surface area (Å²) in [7, 11) is 0. The Labute approximate surface area is 87.7 Å². The molecule has 1 heterocycles. The van der Waals surface area contributed by atoms with E-state index in [-0.39, 0.29) is 5.92 Å². The third kappa shape index (κ3) is 3.12. The molecule has 0 aromatic carbocycles. The molecule has 1 aromatic rings. The van der Waals surface area contributed by atoms with Crippen molar-refractivity contribution in [3.8, 4) is 0 Å². The molecule has 0 spiro atoms. The van der Waals surface area contributed by atoms with E-state index in [4.69, 9.17) is 11.6 Å². The van der Waals surface area contributed by atoms with Gasteiger partial charge in [0.2, 0.25) is 0 Å². The van der Waals surface area contributed by atoms with Crippen molar-refractivity contribution in [3.63, 3.8) is 0 Å². The van der Waals surface area contributed by atoms with Crippen LogP contribution in [0.5, 0.6) is 0 Å². The van der Waals surface area contributed by atoms with E-state index in [2.05, 4.69) is 0 Å². The van der Waals surface area contributed by atoms with Crippen LogP contribution < -0.4 is 0 Å². The zero-order valence-electron chi connectivity index (χ0n) is 7.84.